The van der Waals surface area contributed by atoms with Crippen LogP contribution in [0.25, 0.3) is 11.3 Å². The van der Waals surface area contributed by atoms with Crippen LogP contribution in [0, 0.1) is 0 Å². The maximum Gasteiger partial charge on any atom is 0.276 e. The van der Waals surface area contributed by atoms with Crippen LogP contribution in [-0.4, -0.2) is 42.3 Å². The van der Waals surface area contributed by atoms with Gasteiger partial charge in [-0.15, -0.1) is 0 Å². The highest BCUT2D eigenvalue weighted by molar-refractivity contribution is 5.93. The average molecular weight is 344 g/mol. The quantitative estimate of drug-likeness (QED) is 0.845. The first-order valence-electron chi connectivity index (χ1n) is 8.57. The smallest absolute Gasteiger partial charge is 0.276 e. The number of rotatable bonds is 4. The lowest BCUT2D eigenvalue weighted by molar-refractivity contribution is 0.0500. The second-order valence-corrected chi connectivity index (χ2v) is 6.49. The molecule has 1 aliphatic heterocycles. The van der Waals surface area contributed by atoms with Crippen LogP contribution in [0.1, 0.15) is 43.6 Å². The number of benzene rings is 1. The summed E-state index contributed by atoms with van der Waals surface area (Å²) in [6.45, 7) is 4.17. The lowest BCUT2D eigenvalue weighted by Gasteiger charge is -2.38. The molecule has 2 atom stereocenters. The summed E-state index contributed by atoms with van der Waals surface area (Å²) in [4.78, 5) is 14.8. The molecule has 2 aromatic rings. The van der Waals surface area contributed by atoms with Gasteiger partial charge in [0.1, 0.15) is 0 Å². The van der Waals surface area contributed by atoms with Crippen LogP contribution in [0.3, 0.4) is 0 Å². The normalized spacial score (nSPS) is 20.4. The second-order valence-electron chi connectivity index (χ2n) is 6.49. The van der Waals surface area contributed by atoms with Gasteiger partial charge >= 0.3 is 0 Å². The molecule has 25 heavy (non-hydrogen) atoms. The molecule has 0 radical (unpaired) electrons. The molecular weight excluding hydrogens is 320 g/mol. The van der Waals surface area contributed by atoms with Crippen molar-refractivity contribution in [3.05, 3.63) is 30.0 Å². The monoisotopic (exact) mass is 344 g/mol. The summed E-state index contributed by atoms with van der Waals surface area (Å²) < 4.78 is 16.0. The van der Waals surface area contributed by atoms with E-state index in [1.54, 1.807) is 32.4 Å². The molecule has 2 heterocycles. The maximum atomic E-state index is 12.8. The first-order valence-corrected chi connectivity index (χ1v) is 8.57. The third-order valence-electron chi connectivity index (χ3n) is 4.83. The van der Waals surface area contributed by atoms with E-state index in [9.17, 15) is 4.79 Å². The maximum absolute atomic E-state index is 12.8. The van der Waals surface area contributed by atoms with Gasteiger partial charge in [0.15, 0.2) is 23.0 Å². The summed E-state index contributed by atoms with van der Waals surface area (Å²) in [6.07, 6.45) is 3.20. The molecule has 0 N–H and O–H groups in total. The van der Waals surface area contributed by atoms with Gasteiger partial charge in [0.05, 0.1) is 14.2 Å². The summed E-state index contributed by atoms with van der Waals surface area (Å²) in [5.41, 5.74) is 1.12. The number of carbonyl (C=O) groups is 1. The highest BCUT2D eigenvalue weighted by Gasteiger charge is 2.31. The molecule has 134 valence electrons. The summed E-state index contributed by atoms with van der Waals surface area (Å²) in [7, 11) is 3.17. The Labute approximate surface area is 147 Å². The van der Waals surface area contributed by atoms with Crippen LogP contribution in [0.2, 0.25) is 0 Å². The summed E-state index contributed by atoms with van der Waals surface area (Å²) in [5, 5.41) is 4.00. The number of nitrogens with zero attached hydrogens (tertiary/aromatic N) is 2. The second kappa shape index (κ2) is 7.17. The van der Waals surface area contributed by atoms with E-state index in [1.165, 1.54) is 0 Å². The Kier molecular flexibility index (Phi) is 4.97. The van der Waals surface area contributed by atoms with Gasteiger partial charge in [0.2, 0.25) is 0 Å². The molecule has 1 fully saturated rings. The molecule has 1 aliphatic rings. The van der Waals surface area contributed by atoms with E-state index in [4.69, 9.17) is 14.0 Å². The van der Waals surface area contributed by atoms with Gasteiger partial charge in [0.25, 0.3) is 5.91 Å². The van der Waals surface area contributed by atoms with Gasteiger partial charge in [0, 0.05) is 23.7 Å². The Bertz CT molecular complexity index is 746. The van der Waals surface area contributed by atoms with Crippen LogP contribution in [0.4, 0.5) is 0 Å². The number of carbonyl (C=O) groups excluding carboxylic acids is 1. The molecule has 0 spiro atoms. The molecule has 3 rings (SSSR count). The Balaban J connectivity index is 1.86. The van der Waals surface area contributed by atoms with Crippen LogP contribution in [-0.2, 0) is 0 Å². The van der Waals surface area contributed by atoms with Crippen molar-refractivity contribution in [2.24, 2.45) is 0 Å². The predicted molar refractivity (Wildman–Crippen MR) is 94.0 cm³/mol. The SMILES string of the molecule is COc1ccc(-c2cc(C(=O)N3[C@H](C)CCC[C@H]3C)no2)cc1OC. The number of hydrogen-bond donors (Lipinski definition) is 0. The van der Waals surface area contributed by atoms with E-state index >= 15 is 0 Å². The molecule has 0 saturated carbocycles. The number of amides is 1. The topological polar surface area (TPSA) is 64.8 Å². The number of hydrogen-bond acceptors (Lipinski definition) is 5. The van der Waals surface area contributed by atoms with E-state index in [0.717, 1.165) is 24.8 Å². The Morgan fingerprint density at radius 1 is 1.12 bits per heavy atom. The lowest BCUT2D eigenvalue weighted by atomic mass is 9.97. The fraction of sp³-hybridized carbons (Fsp3) is 0.474. The zero-order chi connectivity index (χ0) is 18.0. The first-order chi connectivity index (χ1) is 12.0. The minimum absolute atomic E-state index is 0.0739. The molecule has 1 aromatic heterocycles. The standard InChI is InChI=1S/C19H24N2O4/c1-12-6-5-7-13(2)21(12)19(22)15-11-17(25-20-15)14-8-9-16(23-3)18(10-14)24-4/h8-13H,5-7H2,1-4H3/t12-,13-/m1/s1. The summed E-state index contributed by atoms with van der Waals surface area (Å²) in [6, 6.07) is 7.59. The van der Waals surface area contributed by atoms with Crippen molar-refractivity contribution in [2.75, 3.05) is 14.2 Å². The fourth-order valence-electron chi connectivity index (χ4n) is 3.46. The van der Waals surface area contributed by atoms with Gasteiger partial charge in [-0.25, -0.2) is 0 Å². The third-order valence-corrected chi connectivity index (χ3v) is 4.83. The van der Waals surface area contributed by atoms with Gasteiger partial charge in [-0.3, -0.25) is 4.79 Å². The lowest BCUT2D eigenvalue weighted by Crippen LogP contribution is -2.47. The molecule has 0 bridgehead atoms. The molecule has 6 nitrogen and oxygen atoms in total. The summed E-state index contributed by atoms with van der Waals surface area (Å²) in [5.74, 6) is 1.69. The number of methoxy groups -OCH3 is 2. The van der Waals surface area contributed by atoms with Crippen LogP contribution in [0.5, 0.6) is 11.5 Å². The molecule has 1 aromatic carbocycles. The zero-order valence-corrected chi connectivity index (χ0v) is 15.1. The van der Waals surface area contributed by atoms with Crippen molar-refractivity contribution < 1.29 is 18.8 Å². The van der Waals surface area contributed by atoms with E-state index < -0.39 is 0 Å². The highest BCUT2D eigenvalue weighted by Crippen LogP contribution is 2.33. The van der Waals surface area contributed by atoms with Crippen molar-refractivity contribution in [3.63, 3.8) is 0 Å². The Morgan fingerprint density at radius 2 is 1.80 bits per heavy atom. The number of ether oxygens (including phenoxy) is 2. The van der Waals surface area contributed by atoms with Crippen molar-refractivity contribution in [3.8, 4) is 22.8 Å². The van der Waals surface area contributed by atoms with Crippen LogP contribution < -0.4 is 9.47 Å². The number of piperidine rings is 1. The molecule has 1 saturated heterocycles. The molecule has 0 aliphatic carbocycles. The first kappa shape index (κ1) is 17.3. The Hall–Kier alpha value is -2.50. The Morgan fingerprint density at radius 3 is 2.44 bits per heavy atom. The average Bonchev–Trinajstić information content (AvgIpc) is 3.11. The minimum atomic E-state index is -0.0739. The van der Waals surface area contributed by atoms with Gasteiger partial charge < -0.3 is 18.9 Å². The van der Waals surface area contributed by atoms with Crippen molar-refractivity contribution in [1.29, 1.82) is 0 Å². The summed E-state index contributed by atoms with van der Waals surface area (Å²) >= 11 is 0. The number of aromatic nitrogens is 1. The minimum Gasteiger partial charge on any atom is -0.493 e. The van der Waals surface area contributed by atoms with Gasteiger partial charge in [-0.1, -0.05) is 5.16 Å². The third kappa shape index (κ3) is 3.34. The van der Waals surface area contributed by atoms with Crippen molar-refractivity contribution in [1.82, 2.24) is 10.1 Å². The van der Waals surface area contributed by atoms with E-state index in [-0.39, 0.29) is 18.0 Å². The van der Waals surface area contributed by atoms with Gasteiger partial charge in [-0.05, 0) is 51.3 Å². The van der Waals surface area contributed by atoms with Crippen molar-refractivity contribution in [2.45, 2.75) is 45.2 Å². The number of likely N-dealkylation sites (tertiary alicyclic amines) is 1. The largest absolute Gasteiger partial charge is 0.493 e. The molecule has 1 amide bonds. The predicted octanol–water partition coefficient (Wildman–Crippen LogP) is 3.76. The van der Waals surface area contributed by atoms with E-state index in [0.29, 0.717) is 23.0 Å². The van der Waals surface area contributed by atoms with Crippen LogP contribution in [0.15, 0.2) is 28.8 Å². The van der Waals surface area contributed by atoms with E-state index in [1.807, 2.05) is 11.0 Å². The van der Waals surface area contributed by atoms with Gasteiger partial charge in [-0.2, -0.15) is 0 Å². The highest BCUT2D eigenvalue weighted by atomic mass is 16.5. The van der Waals surface area contributed by atoms with Crippen molar-refractivity contribution >= 4 is 5.91 Å². The van der Waals surface area contributed by atoms with Crippen LogP contribution >= 0.6 is 0 Å². The fourth-order valence-corrected chi connectivity index (χ4v) is 3.46. The molecular formula is C19H24N2O4. The molecule has 0 unspecified atom stereocenters. The molecule has 6 heteroatoms. The van der Waals surface area contributed by atoms with E-state index in [2.05, 4.69) is 19.0 Å². The zero-order valence-electron chi connectivity index (χ0n) is 15.1.